The highest BCUT2D eigenvalue weighted by Crippen LogP contribution is 2.63. The van der Waals surface area contributed by atoms with Crippen LogP contribution in [-0.2, 0) is 5.41 Å². The van der Waals surface area contributed by atoms with Crippen LogP contribution in [-0.4, -0.2) is 7.85 Å². The molecule has 0 aliphatic heterocycles. The van der Waals surface area contributed by atoms with Crippen LogP contribution in [0.2, 0.25) is 0 Å². The zero-order valence-corrected chi connectivity index (χ0v) is 25.1. The molecule has 0 saturated carbocycles. The zero-order valence-electron chi connectivity index (χ0n) is 25.1. The van der Waals surface area contributed by atoms with E-state index in [0.29, 0.717) is 0 Å². The first kappa shape index (κ1) is 25.9. The number of hydrogen-bond donors (Lipinski definition) is 0. The molecule has 7 aromatic carbocycles. The molecule has 0 bridgehead atoms. The van der Waals surface area contributed by atoms with Crippen molar-refractivity contribution in [3.8, 4) is 33.4 Å². The summed E-state index contributed by atoms with van der Waals surface area (Å²) in [4.78, 5) is 2.40. The average Bonchev–Trinajstić information content (AvgIpc) is 3.57. The zero-order chi connectivity index (χ0) is 30.0. The van der Waals surface area contributed by atoms with E-state index < -0.39 is 0 Å². The molecule has 210 valence electrons. The minimum absolute atomic E-state index is 0.370. The second-order valence-electron chi connectivity index (χ2n) is 12.2. The van der Waals surface area contributed by atoms with Crippen molar-refractivity contribution in [2.24, 2.45) is 0 Å². The lowest BCUT2D eigenvalue weighted by atomic mass is 9.70. The standard InChI is InChI=1S/C43H30BN/c44-31-20-24-33(25-21-31)45(32-22-18-30(19-23-32)29-10-2-1-3-11-29)34-26-27-38-37-14-6-9-17-41(37)43(42(38)28-34)39-15-7-4-12-35(39)36-13-5-8-16-40(36)43/h1-28H,44H2. The van der Waals surface area contributed by atoms with Crippen LogP contribution < -0.4 is 10.4 Å². The molecule has 0 atom stereocenters. The number of nitrogens with zero attached hydrogens (tertiary/aromatic N) is 1. The number of fused-ring (bicyclic) bond motifs is 10. The van der Waals surface area contributed by atoms with Crippen molar-refractivity contribution < 1.29 is 0 Å². The maximum atomic E-state index is 2.46. The maximum absolute atomic E-state index is 2.46. The number of hydrogen-bond acceptors (Lipinski definition) is 1. The summed E-state index contributed by atoms with van der Waals surface area (Å²) in [6.45, 7) is 0. The number of anilines is 3. The van der Waals surface area contributed by atoms with Crippen LogP contribution in [0.15, 0.2) is 170 Å². The molecule has 0 radical (unpaired) electrons. The van der Waals surface area contributed by atoms with Crippen molar-refractivity contribution in [3.63, 3.8) is 0 Å². The summed E-state index contributed by atoms with van der Waals surface area (Å²) in [7, 11) is 2.15. The molecule has 1 spiro atoms. The van der Waals surface area contributed by atoms with Crippen LogP contribution in [0.25, 0.3) is 33.4 Å². The molecule has 2 heteroatoms. The van der Waals surface area contributed by atoms with Gasteiger partial charge in [-0.05, 0) is 92.0 Å². The van der Waals surface area contributed by atoms with Gasteiger partial charge in [0.05, 0.1) is 5.41 Å². The van der Waals surface area contributed by atoms with Gasteiger partial charge >= 0.3 is 0 Å². The third-order valence-corrected chi connectivity index (χ3v) is 9.76. The van der Waals surface area contributed by atoms with E-state index in [-0.39, 0.29) is 5.41 Å². The smallest absolute Gasteiger partial charge is 0.139 e. The van der Waals surface area contributed by atoms with Crippen LogP contribution in [0.5, 0.6) is 0 Å². The fraction of sp³-hybridized carbons (Fsp3) is 0.0233. The molecule has 45 heavy (non-hydrogen) atoms. The summed E-state index contributed by atoms with van der Waals surface area (Å²) in [6, 6.07) is 62.6. The van der Waals surface area contributed by atoms with E-state index >= 15 is 0 Å². The van der Waals surface area contributed by atoms with Crippen LogP contribution >= 0.6 is 0 Å². The first-order valence-electron chi connectivity index (χ1n) is 15.7. The quantitative estimate of drug-likeness (QED) is 0.190. The van der Waals surface area contributed by atoms with Crippen molar-refractivity contribution in [2.75, 3.05) is 4.90 Å². The molecule has 0 heterocycles. The summed E-state index contributed by atoms with van der Waals surface area (Å²) in [5.74, 6) is 0. The molecular weight excluding hydrogens is 541 g/mol. The Bertz CT molecular complexity index is 2150. The number of benzene rings is 7. The van der Waals surface area contributed by atoms with Crippen molar-refractivity contribution in [1.82, 2.24) is 0 Å². The van der Waals surface area contributed by atoms with E-state index in [9.17, 15) is 0 Å². The lowest BCUT2D eigenvalue weighted by molar-refractivity contribution is 0.793. The van der Waals surface area contributed by atoms with E-state index in [4.69, 9.17) is 0 Å². The van der Waals surface area contributed by atoms with Gasteiger partial charge in [0, 0.05) is 17.1 Å². The Balaban J connectivity index is 1.28. The molecule has 0 amide bonds. The van der Waals surface area contributed by atoms with Gasteiger partial charge in [-0.3, -0.25) is 0 Å². The van der Waals surface area contributed by atoms with Crippen molar-refractivity contribution in [2.45, 2.75) is 5.41 Å². The van der Waals surface area contributed by atoms with Crippen LogP contribution in [0.1, 0.15) is 22.3 Å². The topological polar surface area (TPSA) is 3.24 Å². The molecule has 0 aromatic heterocycles. The second-order valence-corrected chi connectivity index (χ2v) is 12.2. The largest absolute Gasteiger partial charge is 0.310 e. The first-order chi connectivity index (χ1) is 22.2. The van der Waals surface area contributed by atoms with Crippen LogP contribution in [0.4, 0.5) is 17.1 Å². The van der Waals surface area contributed by atoms with Gasteiger partial charge in [-0.15, -0.1) is 0 Å². The van der Waals surface area contributed by atoms with Gasteiger partial charge in [-0.25, -0.2) is 0 Å². The van der Waals surface area contributed by atoms with Crippen molar-refractivity contribution >= 4 is 30.4 Å². The fourth-order valence-electron chi connectivity index (χ4n) is 7.80. The Hall–Kier alpha value is -5.60. The highest BCUT2D eigenvalue weighted by molar-refractivity contribution is 6.32. The molecule has 1 nitrogen and oxygen atoms in total. The van der Waals surface area contributed by atoms with Gasteiger partial charge in [0.15, 0.2) is 0 Å². The molecule has 0 saturated heterocycles. The Morgan fingerprint density at radius 1 is 0.356 bits per heavy atom. The average molecular weight is 572 g/mol. The minimum atomic E-state index is -0.370. The fourth-order valence-corrected chi connectivity index (χ4v) is 7.80. The van der Waals surface area contributed by atoms with Gasteiger partial charge in [-0.1, -0.05) is 139 Å². The van der Waals surface area contributed by atoms with Crippen molar-refractivity contribution in [3.05, 3.63) is 192 Å². The highest BCUT2D eigenvalue weighted by atomic mass is 15.1. The van der Waals surface area contributed by atoms with E-state index in [0.717, 1.165) is 17.1 Å². The Labute approximate surface area is 265 Å². The highest BCUT2D eigenvalue weighted by Gasteiger charge is 2.51. The molecule has 0 fully saturated rings. The van der Waals surface area contributed by atoms with Gasteiger partial charge in [0.25, 0.3) is 0 Å². The first-order valence-corrected chi connectivity index (χ1v) is 15.7. The third-order valence-electron chi connectivity index (χ3n) is 9.76. The summed E-state index contributed by atoms with van der Waals surface area (Å²) >= 11 is 0. The molecule has 2 aliphatic carbocycles. The monoisotopic (exact) mass is 571 g/mol. The third kappa shape index (κ3) is 3.76. The van der Waals surface area contributed by atoms with Gasteiger partial charge in [-0.2, -0.15) is 0 Å². The Kier molecular flexibility index (Phi) is 5.73. The molecule has 7 aromatic rings. The van der Waals surface area contributed by atoms with Gasteiger partial charge in [0.2, 0.25) is 0 Å². The van der Waals surface area contributed by atoms with E-state index in [1.165, 1.54) is 61.1 Å². The molecule has 9 rings (SSSR count). The van der Waals surface area contributed by atoms with E-state index in [1.54, 1.807) is 0 Å². The molecule has 0 unspecified atom stereocenters. The number of rotatable bonds is 4. The maximum Gasteiger partial charge on any atom is 0.139 e. The van der Waals surface area contributed by atoms with E-state index in [2.05, 4.69) is 183 Å². The second kappa shape index (κ2) is 9.97. The van der Waals surface area contributed by atoms with Crippen molar-refractivity contribution in [1.29, 1.82) is 0 Å². The summed E-state index contributed by atoms with van der Waals surface area (Å²) in [5, 5.41) is 0. The molecule has 2 aliphatic rings. The SMILES string of the molecule is Bc1ccc(N(c2ccc(-c3ccccc3)cc2)c2ccc3c(c2)C2(c4ccccc4-c4ccccc42)c2ccccc2-3)cc1. The van der Waals surface area contributed by atoms with Gasteiger partial charge < -0.3 is 4.90 Å². The minimum Gasteiger partial charge on any atom is -0.310 e. The van der Waals surface area contributed by atoms with Gasteiger partial charge in [0.1, 0.15) is 7.85 Å². The van der Waals surface area contributed by atoms with Crippen LogP contribution in [0, 0.1) is 0 Å². The lowest BCUT2D eigenvalue weighted by Crippen LogP contribution is -2.26. The Morgan fingerprint density at radius 3 is 1.33 bits per heavy atom. The summed E-state index contributed by atoms with van der Waals surface area (Å²) in [6.07, 6.45) is 0. The summed E-state index contributed by atoms with van der Waals surface area (Å²) < 4.78 is 0. The Morgan fingerprint density at radius 2 is 0.778 bits per heavy atom. The predicted octanol–water partition coefficient (Wildman–Crippen LogP) is 9.43. The normalized spacial score (nSPS) is 13.2. The molecular formula is C43H30BN. The van der Waals surface area contributed by atoms with E-state index in [1.807, 2.05) is 0 Å². The summed E-state index contributed by atoms with van der Waals surface area (Å²) in [5.41, 5.74) is 17.5. The van der Waals surface area contributed by atoms with Crippen LogP contribution in [0.3, 0.4) is 0 Å². The molecule has 0 N–H and O–H groups in total. The lowest BCUT2D eigenvalue weighted by Gasteiger charge is -2.32. The predicted molar refractivity (Wildman–Crippen MR) is 191 cm³/mol.